The van der Waals surface area contributed by atoms with Gasteiger partial charge in [-0.15, -0.1) is 0 Å². The molecule has 1 heterocycles. The van der Waals surface area contributed by atoms with Crippen molar-refractivity contribution in [2.45, 2.75) is 32.6 Å². The second-order valence-electron chi connectivity index (χ2n) is 3.87. The highest BCUT2D eigenvalue weighted by Gasteiger charge is 2.43. The number of hydrogen-bond donors (Lipinski definition) is 0. The fourth-order valence-corrected chi connectivity index (χ4v) is 1.37. The molecule has 0 N–H and O–H groups in total. The lowest BCUT2D eigenvalue weighted by molar-refractivity contribution is -0.131. The Kier molecular flexibility index (Phi) is 3.04. The monoisotopic (exact) mass is 177 g/mol. The van der Waals surface area contributed by atoms with Gasteiger partial charge in [0.1, 0.15) is 0 Å². The van der Waals surface area contributed by atoms with Gasteiger partial charge in [-0.25, -0.2) is 8.78 Å². The number of alkyl halides is 2. The zero-order chi connectivity index (χ0) is 9.19. The number of likely N-dealkylation sites (tertiary alicyclic amines) is 1. The Bertz CT molecular complexity index is 139. The summed E-state index contributed by atoms with van der Waals surface area (Å²) in [6, 6.07) is 0. The van der Waals surface area contributed by atoms with E-state index in [9.17, 15) is 8.78 Å². The van der Waals surface area contributed by atoms with Crippen molar-refractivity contribution in [2.75, 3.05) is 19.6 Å². The number of halogens is 2. The average Bonchev–Trinajstić information content (AvgIpc) is 1.96. The third kappa shape index (κ3) is 2.70. The minimum Gasteiger partial charge on any atom is -0.291 e. The van der Waals surface area contributed by atoms with Gasteiger partial charge >= 0.3 is 0 Å². The molecule has 0 saturated carbocycles. The molecule has 0 aromatic carbocycles. The van der Waals surface area contributed by atoms with Crippen LogP contribution >= 0.6 is 0 Å². The molecule has 1 saturated heterocycles. The molecule has 12 heavy (non-hydrogen) atoms. The van der Waals surface area contributed by atoms with Crippen LogP contribution in [0, 0.1) is 5.92 Å². The Morgan fingerprint density at radius 1 is 1.42 bits per heavy atom. The van der Waals surface area contributed by atoms with Gasteiger partial charge in [-0.05, 0) is 18.9 Å². The molecule has 1 aliphatic heterocycles. The maximum Gasteiger partial charge on any atom is 0.272 e. The molecule has 1 aliphatic rings. The maximum atomic E-state index is 12.4. The summed E-state index contributed by atoms with van der Waals surface area (Å²) in [7, 11) is 0. The van der Waals surface area contributed by atoms with Crippen LogP contribution in [0.4, 0.5) is 8.78 Å². The van der Waals surface area contributed by atoms with Crippen molar-refractivity contribution < 1.29 is 8.78 Å². The topological polar surface area (TPSA) is 3.24 Å². The molecule has 0 bridgehead atoms. The van der Waals surface area contributed by atoms with E-state index in [1.54, 1.807) is 0 Å². The smallest absolute Gasteiger partial charge is 0.272 e. The molecule has 0 spiro atoms. The van der Waals surface area contributed by atoms with E-state index in [0.29, 0.717) is 5.92 Å². The van der Waals surface area contributed by atoms with Gasteiger partial charge in [-0.2, -0.15) is 0 Å². The van der Waals surface area contributed by atoms with E-state index in [4.69, 9.17) is 0 Å². The lowest BCUT2D eigenvalue weighted by Gasteiger charge is -2.39. The van der Waals surface area contributed by atoms with Crippen LogP contribution in [0.2, 0.25) is 0 Å². The zero-order valence-corrected chi connectivity index (χ0v) is 7.82. The first-order chi connectivity index (χ1) is 5.53. The zero-order valence-electron chi connectivity index (χ0n) is 7.82. The van der Waals surface area contributed by atoms with Crippen molar-refractivity contribution in [1.82, 2.24) is 4.90 Å². The summed E-state index contributed by atoms with van der Waals surface area (Å²) in [6.45, 7) is 5.09. The normalized spacial score (nSPS) is 25.0. The highest BCUT2D eigenvalue weighted by Crippen LogP contribution is 2.26. The van der Waals surface area contributed by atoms with Crippen LogP contribution in [-0.4, -0.2) is 30.5 Å². The Labute approximate surface area is 72.7 Å². The number of rotatable bonds is 4. The van der Waals surface area contributed by atoms with E-state index in [0.717, 1.165) is 19.4 Å². The molecule has 1 nitrogen and oxygen atoms in total. The molecule has 1 atom stereocenters. The van der Waals surface area contributed by atoms with E-state index in [-0.39, 0.29) is 13.1 Å². The predicted molar refractivity (Wildman–Crippen MR) is 45.5 cm³/mol. The largest absolute Gasteiger partial charge is 0.291 e. The highest BCUT2D eigenvalue weighted by molar-refractivity contribution is 4.86. The van der Waals surface area contributed by atoms with E-state index >= 15 is 0 Å². The van der Waals surface area contributed by atoms with Crippen LogP contribution in [0.15, 0.2) is 0 Å². The van der Waals surface area contributed by atoms with Crippen molar-refractivity contribution >= 4 is 0 Å². The molecule has 0 aromatic heterocycles. The van der Waals surface area contributed by atoms with E-state index in [1.807, 2.05) is 4.90 Å². The standard InChI is InChI=1S/C9H17F2N/c1-3-8(2)4-5-12-6-9(10,11)7-12/h8H,3-7H2,1-2H3. The van der Waals surface area contributed by atoms with Crippen molar-refractivity contribution in [1.29, 1.82) is 0 Å². The Hall–Kier alpha value is -0.180. The lowest BCUT2D eigenvalue weighted by Crippen LogP contribution is -2.56. The molecule has 0 aromatic rings. The summed E-state index contributed by atoms with van der Waals surface area (Å²) in [4.78, 5) is 1.83. The van der Waals surface area contributed by atoms with Crippen molar-refractivity contribution in [3.63, 3.8) is 0 Å². The van der Waals surface area contributed by atoms with Crippen LogP contribution in [0.1, 0.15) is 26.7 Å². The van der Waals surface area contributed by atoms with Crippen LogP contribution in [-0.2, 0) is 0 Å². The summed E-state index contributed by atoms with van der Waals surface area (Å²) in [5.74, 6) is -1.73. The molecule has 1 fully saturated rings. The average molecular weight is 177 g/mol. The summed E-state index contributed by atoms with van der Waals surface area (Å²) in [5.41, 5.74) is 0. The van der Waals surface area contributed by atoms with E-state index in [1.165, 1.54) is 0 Å². The van der Waals surface area contributed by atoms with Crippen LogP contribution in [0.5, 0.6) is 0 Å². The third-order valence-electron chi connectivity index (χ3n) is 2.54. The fraction of sp³-hybridized carbons (Fsp3) is 1.00. The van der Waals surface area contributed by atoms with Gasteiger partial charge in [0, 0.05) is 0 Å². The third-order valence-corrected chi connectivity index (χ3v) is 2.54. The summed E-state index contributed by atoms with van der Waals surface area (Å²) < 4.78 is 24.7. The molecule has 72 valence electrons. The first kappa shape index (κ1) is 9.90. The first-order valence-corrected chi connectivity index (χ1v) is 4.63. The second-order valence-corrected chi connectivity index (χ2v) is 3.87. The number of hydrogen-bond acceptors (Lipinski definition) is 1. The van der Waals surface area contributed by atoms with Gasteiger partial charge in [-0.3, -0.25) is 4.90 Å². The molecule has 1 unspecified atom stereocenters. The van der Waals surface area contributed by atoms with E-state index < -0.39 is 5.92 Å². The van der Waals surface area contributed by atoms with Gasteiger partial charge < -0.3 is 0 Å². The Morgan fingerprint density at radius 2 is 2.00 bits per heavy atom. The van der Waals surface area contributed by atoms with Crippen LogP contribution in [0.3, 0.4) is 0 Å². The van der Waals surface area contributed by atoms with Gasteiger partial charge in [0.2, 0.25) is 0 Å². The SMILES string of the molecule is CCC(C)CCN1CC(F)(F)C1. The molecule has 1 rings (SSSR count). The number of nitrogens with zero attached hydrogens (tertiary/aromatic N) is 1. The molecular weight excluding hydrogens is 160 g/mol. The van der Waals surface area contributed by atoms with Gasteiger partial charge in [-0.1, -0.05) is 20.3 Å². The van der Waals surface area contributed by atoms with Gasteiger partial charge in [0.15, 0.2) is 0 Å². The Balaban J connectivity index is 2.04. The van der Waals surface area contributed by atoms with E-state index in [2.05, 4.69) is 13.8 Å². The van der Waals surface area contributed by atoms with Crippen molar-refractivity contribution in [3.8, 4) is 0 Å². The van der Waals surface area contributed by atoms with Crippen molar-refractivity contribution in [2.24, 2.45) is 5.92 Å². The minimum absolute atomic E-state index is 0.0244. The first-order valence-electron chi connectivity index (χ1n) is 4.63. The fourth-order valence-electron chi connectivity index (χ4n) is 1.37. The quantitative estimate of drug-likeness (QED) is 0.637. The maximum absolute atomic E-state index is 12.4. The minimum atomic E-state index is -2.39. The molecule has 0 radical (unpaired) electrons. The van der Waals surface area contributed by atoms with Crippen LogP contribution < -0.4 is 0 Å². The summed E-state index contributed by atoms with van der Waals surface area (Å²) in [6.07, 6.45) is 2.19. The molecule has 3 heteroatoms. The molecule has 0 aliphatic carbocycles. The Morgan fingerprint density at radius 3 is 2.42 bits per heavy atom. The highest BCUT2D eigenvalue weighted by atomic mass is 19.3. The van der Waals surface area contributed by atoms with Gasteiger partial charge in [0.25, 0.3) is 5.92 Å². The molecule has 0 amide bonds. The van der Waals surface area contributed by atoms with Crippen LogP contribution in [0.25, 0.3) is 0 Å². The molecular formula is C9H17F2N. The summed E-state index contributed by atoms with van der Waals surface area (Å²) in [5, 5.41) is 0. The summed E-state index contributed by atoms with van der Waals surface area (Å²) >= 11 is 0. The lowest BCUT2D eigenvalue weighted by atomic mass is 10.0. The van der Waals surface area contributed by atoms with Gasteiger partial charge in [0.05, 0.1) is 13.1 Å². The van der Waals surface area contributed by atoms with Crippen molar-refractivity contribution in [3.05, 3.63) is 0 Å². The predicted octanol–water partition coefficient (Wildman–Crippen LogP) is 2.37. The second kappa shape index (κ2) is 3.69.